The van der Waals surface area contributed by atoms with E-state index >= 15 is 0 Å². The number of hydrogen-bond acceptors (Lipinski definition) is 1. The normalized spacial score (nSPS) is 25.0. The van der Waals surface area contributed by atoms with Gasteiger partial charge in [-0.3, -0.25) is 4.90 Å². The Kier molecular flexibility index (Phi) is 3.24. The van der Waals surface area contributed by atoms with Crippen molar-refractivity contribution in [3.63, 3.8) is 0 Å². The average Bonchev–Trinajstić information content (AvgIpc) is 2.98. The van der Waals surface area contributed by atoms with Gasteiger partial charge in [0.15, 0.2) is 0 Å². The second kappa shape index (κ2) is 4.45. The third kappa shape index (κ3) is 2.37. The van der Waals surface area contributed by atoms with E-state index in [1.54, 1.807) is 0 Å². The summed E-state index contributed by atoms with van der Waals surface area (Å²) in [5, 5.41) is 1.11. The predicted octanol–water partition coefficient (Wildman–Crippen LogP) is 2.83. The molecule has 14 heavy (non-hydrogen) atoms. The van der Waals surface area contributed by atoms with E-state index in [1.807, 2.05) is 0 Å². The Hall–Kier alpha value is -0.340. The summed E-state index contributed by atoms with van der Waals surface area (Å²) >= 11 is 3.51. The summed E-state index contributed by atoms with van der Waals surface area (Å²) in [5.41, 5.74) is 2.86. The fraction of sp³-hybridized carbons (Fsp3) is 0.500. The van der Waals surface area contributed by atoms with Crippen molar-refractivity contribution in [2.45, 2.75) is 25.9 Å². The molecule has 1 fully saturated rings. The monoisotopic (exact) mass is 253 g/mol. The molecule has 0 amide bonds. The minimum Gasteiger partial charge on any atom is -0.292 e. The molecular formula is C12H16BrN. The summed E-state index contributed by atoms with van der Waals surface area (Å²) < 4.78 is 0. The molecule has 0 aromatic heterocycles. The molecule has 76 valence electrons. The summed E-state index contributed by atoms with van der Waals surface area (Å²) in [6, 6.07) is 9.76. The number of aryl methyl sites for hydroxylation is 1. The van der Waals surface area contributed by atoms with Crippen LogP contribution in [-0.4, -0.2) is 22.8 Å². The van der Waals surface area contributed by atoms with Crippen molar-refractivity contribution in [2.24, 2.45) is 0 Å². The number of rotatable bonds is 4. The first-order valence-corrected chi connectivity index (χ1v) is 6.33. The third-order valence-corrected chi connectivity index (χ3v) is 3.57. The number of benzene rings is 1. The molecule has 0 aliphatic carbocycles. The van der Waals surface area contributed by atoms with Gasteiger partial charge in [-0.2, -0.15) is 0 Å². The summed E-state index contributed by atoms with van der Waals surface area (Å²) in [7, 11) is 0. The second-order valence-electron chi connectivity index (χ2n) is 3.91. The molecule has 1 saturated heterocycles. The molecule has 1 aromatic rings. The number of hydrogen-bond donors (Lipinski definition) is 0. The molecule has 2 atom stereocenters. The Morgan fingerprint density at radius 2 is 1.93 bits per heavy atom. The Morgan fingerprint density at radius 3 is 2.43 bits per heavy atom. The van der Waals surface area contributed by atoms with Gasteiger partial charge in [0, 0.05) is 24.5 Å². The highest BCUT2D eigenvalue weighted by molar-refractivity contribution is 9.09. The minimum absolute atomic E-state index is 0.779. The molecule has 1 nitrogen and oxygen atoms in total. The number of nitrogens with zero attached hydrogens (tertiary/aromatic N) is 1. The molecule has 1 aliphatic rings. The van der Waals surface area contributed by atoms with Crippen molar-refractivity contribution in [2.75, 3.05) is 11.9 Å². The smallest absolute Gasteiger partial charge is 0.0324 e. The zero-order chi connectivity index (χ0) is 9.97. The minimum atomic E-state index is 0.779. The quantitative estimate of drug-likeness (QED) is 0.589. The fourth-order valence-electron chi connectivity index (χ4n) is 1.68. The van der Waals surface area contributed by atoms with Crippen LogP contribution in [0.2, 0.25) is 0 Å². The van der Waals surface area contributed by atoms with Crippen molar-refractivity contribution in [1.29, 1.82) is 0 Å². The first-order valence-electron chi connectivity index (χ1n) is 5.21. The van der Waals surface area contributed by atoms with Crippen molar-refractivity contribution in [1.82, 2.24) is 4.90 Å². The van der Waals surface area contributed by atoms with E-state index in [0.29, 0.717) is 0 Å². The zero-order valence-corrected chi connectivity index (χ0v) is 10.1. The summed E-state index contributed by atoms with van der Waals surface area (Å²) in [5.74, 6) is 0. The third-order valence-electron chi connectivity index (χ3n) is 2.82. The van der Waals surface area contributed by atoms with Gasteiger partial charge in [0.05, 0.1) is 0 Å². The molecule has 1 aliphatic heterocycles. The highest BCUT2D eigenvalue weighted by Crippen LogP contribution is 2.22. The molecule has 2 heteroatoms. The van der Waals surface area contributed by atoms with Gasteiger partial charge in [-0.05, 0) is 17.5 Å². The van der Waals surface area contributed by atoms with E-state index in [9.17, 15) is 0 Å². The first kappa shape index (κ1) is 10.2. The van der Waals surface area contributed by atoms with E-state index in [1.165, 1.54) is 17.7 Å². The van der Waals surface area contributed by atoms with Crippen molar-refractivity contribution in [3.05, 3.63) is 35.4 Å². The van der Waals surface area contributed by atoms with Crippen molar-refractivity contribution >= 4 is 15.9 Å². The van der Waals surface area contributed by atoms with Gasteiger partial charge in [0.2, 0.25) is 0 Å². The molecule has 0 bridgehead atoms. The van der Waals surface area contributed by atoms with Crippen molar-refractivity contribution in [3.8, 4) is 0 Å². The van der Waals surface area contributed by atoms with Gasteiger partial charge in [-0.15, -0.1) is 0 Å². The fourth-order valence-corrected chi connectivity index (χ4v) is 2.29. The van der Waals surface area contributed by atoms with E-state index < -0.39 is 0 Å². The lowest BCUT2D eigenvalue weighted by Crippen LogP contribution is -2.02. The molecule has 0 saturated carbocycles. The second-order valence-corrected chi connectivity index (χ2v) is 4.56. The molecule has 1 heterocycles. The van der Waals surface area contributed by atoms with E-state index in [2.05, 4.69) is 52.0 Å². The Bertz CT molecular complexity index is 294. The zero-order valence-electron chi connectivity index (χ0n) is 8.54. The molecule has 2 rings (SSSR count). The van der Waals surface area contributed by atoms with Crippen LogP contribution >= 0.6 is 15.9 Å². The van der Waals surface area contributed by atoms with Gasteiger partial charge in [0.25, 0.3) is 0 Å². The average molecular weight is 254 g/mol. The van der Waals surface area contributed by atoms with Crippen LogP contribution in [0.1, 0.15) is 18.1 Å². The topological polar surface area (TPSA) is 3.01 Å². The SMILES string of the molecule is CCc1ccc(CN2C[C@@H]2CBr)cc1. The van der Waals surface area contributed by atoms with E-state index in [-0.39, 0.29) is 0 Å². The molecule has 0 spiro atoms. The van der Waals surface area contributed by atoms with Gasteiger partial charge in [-0.1, -0.05) is 47.1 Å². The molecule has 1 aromatic carbocycles. The van der Waals surface area contributed by atoms with Crippen LogP contribution in [0.5, 0.6) is 0 Å². The van der Waals surface area contributed by atoms with Crippen LogP contribution in [0.25, 0.3) is 0 Å². The van der Waals surface area contributed by atoms with Gasteiger partial charge in [0.1, 0.15) is 0 Å². The van der Waals surface area contributed by atoms with Crippen LogP contribution < -0.4 is 0 Å². The van der Waals surface area contributed by atoms with Crippen LogP contribution in [-0.2, 0) is 13.0 Å². The lowest BCUT2D eigenvalue weighted by Gasteiger charge is -2.03. The number of alkyl halides is 1. The van der Waals surface area contributed by atoms with Gasteiger partial charge in [-0.25, -0.2) is 0 Å². The maximum Gasteiger partial charge on any atom is 0.0324 e. The highest BCUT2D eigenvalue weighted by atomic mass is 79.9. The Balaban J connectivity index is 1.91. The maximum absolute atomic E-state index is 3.51. The molecule has 0 radical (unpaired) electrons. The molecule has 1 unspecified atom stereocenters. The Labute approximate surface area is 94.2 Å². The lowest BCUT2D eigenvalue weighted by molar-refractivity contribution is 0.518. The standard InChI is InChI=1S/C12H16BrN/c1-2-10-3-5-11(6-4-10)8-14-9-12(14)7-13/h3-6,12H,2,7-9H2,1H3/t12-,14?/m0/s1. The van der Waals surface area contributed by atoms with Crippen LogP contribution in [0.4, 0.5) is 0 Å². The maximum atomic E-state index is 3.51. The van der Waals surface area contributed by atoms with Crippen LogP contribution in [0.3, 0.4) is 0 Å². The first-order chi connectivity index (χ1) is 6.83. The van der Waals surface area contributed by atoms with Crippen LogP contribution in [0, 0.1) is 0 Å². The lowest BCUT2D eigenvalue weighted by atomic mass is 10.1. The van der Waals surface area contributed by atoms with Gasteiger partial charge >= 0.3 is 0 Å². The number of halogens is 1. The van der Waals surface area contributed by atoms with E-state index in [4.69, 9.17) is 0 Å². The predicted molar refractivity (Wildman–Crippen MR) is 63.8 cm³/mol. The molecular weight excluding hydrogens is 238 g/mol. The van der Waals surface area contributed by atoms with Gasteiger partial charge < -0.3 is 0 Å². The van der Waals surface area contributed by atoms with Crippen LogP contribution in [0.15, 0.2) is 24.3 Å². The largest absolute Gasteiger partial charge is 0.292 e. The highest BCUT2D eigenvalue weighted by Gasteiger charge is 2.31. The summed E-state index contributed by atoms with van der Waals surface area (Å²) in [6.07, 6.45) is 1.13. The van der Waals surface area contributed by atoms with Crippen molar-refractivity contribution < 1.29 is 0 Å². The summed E-state index contributed by atoms with van der Waals surface area (Å²) in [6.45, 7) is 4.56. The molecule has 0 N–H and O–H groups in total. The Morgan fingerprint density at radius 1 is 1.29 bits per heavy atom. The van der Waals surface area contributed by atoms with E-state index in [0.717, 1.165) is 24.3 Å². The summed E-state index contributed by atoms with van der Waals surface area (Å²) in [4.78, 5) is 2.48.